The van der Waals surface area contributed by atoms with Crippen molar-refractivity contribution in [2.75, 3.05) is 31.2 Å². The van der Waals surface area contributed by atoms with Crippen molar-refractivity contribution in [3.8, 4) is 0 Å². The van der Waals surface area contributed by atoms with E-state index < -0.39 is 0 Å². The molecule has 2 aromatic heterocycles. The zero-order valence-electron chi connectivity index (χ0n) is 15.1. The Hall–Kier alpha value is -3.13. The summed E-state index contributed by atoms with van der Waals surface area (Å²) in [6.45, 7) is 5.19. The van der Waals surface area contributed by atoms with Crippen LogP contribution in [0.15, 0.2) is 36.7 Å². The molecule has 1 aliphatic heterocycles. The number of hydrogen-bond donors (Lipinski definition) is 1. The molecule has 1 saturated heterocycles. The first-order chi connectivity index (χ1) is 13.2. The van der Waals surface area contributed by atoms with E-state index in [9.17, 15) is 4.79 Å². The van der Waals surface area contributed by atoms with Crippen LogP contribution in [0, 0.1) is 6.92 Å². The Labute approximate surface area is 156 Å². The van der Waals surface area contributed by atoms with Crippen LogP contribution in [0.4, 0.5) is 5.82 Å². The number of ether oxygens (including phenoxy) is 1. The first-order valence-corrected chi connectivity index (χ1v) is 8.85. The van der Waals surface area contributed by atoms with E-state index in [1.807, 2.05) is 13.0 Å². The zero-order valence-corrected chi connectivity index (χ0v) is 15.1. The first-order valence-electron chi connectivity index (χ1n) is 8.85. The van der Waals surface area contributed by atoms with Crippen LogP contribution >= 0.6 is 0 Å². The molecule has 1 N–H and O–H groups in total. The number of carbonyl (C=O) groups is 1. The standard InChI is InChI=1S/C19H20N6O2/c1-13-10-18(25-6-8-27-9-7-25)24-17(23-13)12-22-19(26)14-2-3-15-16(11-14)21-5-4-20-15/h2-5,10-11H,6-9,12H2,1H3,(H,22,26). The molecule has 0 atom stereocenters. The second-order valence-electron chi connectivity index (χ2n) is 6.33. The molecule has 4 rings (SSSR count). The van der Waals surface area contributed by atoms with Gasteiger partial charge in [-0.05, 0) is 25.1 Å². The maximum atomic E-state index is 12.5. The predicted molar refractivity (Wildman–Crippen MR) is 101 cm³/mol. The number of aromatic nitrogens is 4. The van der Waals surface area contributed by atoms with Crippen LogP contribution in [0.5, 0.6) is 0 Å². The van der Waals surface area contributed by atoms with Crippen molar-refractivity contribution in [3.63, 3.8) is 0 Å². The van der Waals surface area contributed by atoms with Crippen LogP contribution in [0.3, 0.4) is 0 Å². The van der Waals surface area contributed by atoms with Gasteiger partial charge in [0.25, 0.3) is 5.91 Å². The molecule has 3 heterocycles. The second-order valence-corrected chi connectivity index (χ2v) is 6.33. The van der Waals surface area contributed by atoms with Crippen molar-refractivity contribution < 1.29 is 9.53 Å². The lowest BCUT2D eigenvalue weighted by Crippen LogP contribution is -2.37. The molecule has 0 radical (unpaired) electrons. The number of morpholine rings is 1. The molecule has 0 aliphatic carbocycles. The zero-order chi connectivity index (χ0) is 18.6. The van der Waals surface area contributed by atoms with Gasteiger partial charge in [0.2, 0.25) is 0 Å². The lowest BCUT2D eigenvalue weighted by molar-refractivity contribution is 0.0950. The number of benzene rings is 1. The van der Waals surface area contributed by atoms with Crippen LogP contribution in [0.25, 0.3) is 11.0 Å². The summed E-state index contributed by atoms with van der Waals surface area (Å²) in [5.41, 5.74) is 2.85. The Morgan fingerprint density at radius 1 is 1.11 bits per heavy atom. The largest absolute Gasteiger partial charge is 0.378 e. The van der Waals surface area contributed by atoms with E-state index in [4.69, 9.17) is 4.74 Å². The number of fused-ring (bicyclic) bond motifs is 1. The number of hydrogen-bond acceptors (Lipinski definition) is 7. The van der Waals surface area contributed by atoms with Gasteiger partial charge in [0, 0.05) is 42.8 Å². The van der Waals surface area contributed by atoms with Crippen molar-refractivity contribution in [2.45, 2.75) is 13.5 Å². The van der Waals surface area contributed by atoms with Crippen LogP contribution in [0.1, 0.15) is 21.9 Å². The summed E-state index contributed by atoms with van der Waals surface area (Å²) < 4.78 is 5.39. The molecular weight excluding hydrogens is 344 g/mol. The fourth-order valence-electron chi connectivity index (χ4n) is 3.01. The third-order valence-electron chi connectivity index (χ3n) is 4.36. The summed E-state index contributed by atoms with van der Waals surface area (Å²) in [6.07, 6.45) is 3.24. The van der Waals surface area contributed by atoms with Gasteiger partial charge in [0.15, 0.2) is 0 Å². The van der Waals surface area contributed by atoms with Crippen molar-refractivity contribution in [2.24, 2.45) is 0 Å². The van der Waals surface area contributed by atoms with Crippen molar-refractivity contribution >= 4 is 22.8 Å². The highest BCUT2D eigenvalue weighted by Gasteiger charge is 2.15. The maximum Gasteiger partial charge on any atom is 0.251 e. The van der Waals surface area contributed by atoms with Gasteiger partial charge in [0.1, 0.15) is 11.6 Å². The Balaban J connectivity index is 1.47. The van der Waals surface area contributed by atoms with Gasteiger partial charge in [0.05, 0.1) is 30.8 Å². The van der Waals surface area contributed by atoms with Gasteiger partial charge < -0.3 is 15.0 Å². The number of amides is 1. The van der Waals surface area contributed by atoms with E-state index in [0.717, 1.165) is 30.1 Å². The molecule has 0 saturated carbocycles. The van der Waals surface area contributed by atoms with Crippen LogP contribution < -0.4 is 10.2 Å². The molecule has 3 aromatic rings. The fourth-order valence-corrected chi connectivity index (χ4v) is 3.01. The molecule has 0 bridgehead atoms. The molecule has 138 valence electrons. The van der Waals surface area contributed by atoms with Gasteiger partial charge in [-0.1, -0.05) is 0 Å². The predicted octanol–water partition coefficient (Wildman–Crippen LogP) is 1.49. The number of rotatable bonds is 4. The van der Waals surface area contributed by atoms with Crippen molar-refractivity contribution in [3.05, 3.63) is 53.7 Å². The van der Waals surface area contributed by atoms with Gasteiger partial charge in [-0.3, -0.25) is 14.8 Å². The molecule has 0 unspecified atom stereocenters. The maximum absolute atomic E-state index is 12.5. The van der Waals surface area contributed by atoms with Gasteiger partial charge in [-0.2, -0.15) is 0 Å². The minimum atomic E-state index is -0.194. The number of nitrogens with zero attached hydrogens (tertiary/aromatic N) is 5. The molecule has 1 aliphatic rings. The molecule has 8 heteroatoms. The summed E-state index contributed by atoms with van der Waals surface area (Å²) in [5, 5.41) is 2.88. The molecule has 1 fully saturated rings. The van der Waals surface area contributed by atoms with Crippen LogP contribution in [0.2, 0.25) is 0 Å². The van der Waals surface area contributed by atoms with E-state index >= 15 is 0 Å². The van der Waals surface area contributed by atoms with Crippen LogP contribution in [-0.2, 0) is 11.3 Å². The smallest absolute Gasteiger partial charge is 0.251 e. The van der Waals surface area contributed by atoms with E-state index in [2.05, 4.69) is 30.2 Å². The van der Waals surface area contributed by atoms with Crippen molar-refractivity contribution in [1.29, 1.82) is 0 Å². The second kappa shape index (κ2) is 7.63. The summed E-state index contributed by atoms with van der Waals surface area (Å²) in [4.78, 5) is 32.1. The lowest BCUT2D eigenvalue weighted by Gasteiger charge is -2.28. The third kappa shape index (κ3) is 4.01. The quantitative estimate of drug-likeness (QED) is 0.750. The monoisotopic (exact) mass is 364 g/mol. The molecule has 1 aromatic carbocycles. The van der Waals surface area contributed by atoms with Crippen LogP contribution in [-0.4, -0.2) is 52.1 Å². The first kappa shape index (κ1) is 17.3. The Bertz CT molecular complexity index is 971. The summed E-state index contributed by atoms with van der Waals surface area (Å²) in [6, 6.07) is 7.21. The van der Waals surface area contributed by atoms with E-state index in [-0.39, 0.29) is 12.5 Å². The summed E-state index contributed by atoms with van der Waals surface area (Å²) in [5.74, 6) is 1.27. The summed E-state index contributed by atoms with van der Waals surface area (Å²) in [7, 11) is 0. The Kier molecular flexibility index (Phi) is 4.88. The third-order valence-corrected chi connectivity index (χ3v) is 4.36. The average molecular weight is 364 g/mol. The average Bonchev–Trinajstić information content (AvgIpc) is 2.72. The molecular formula is C19H20N6O2. The van der Waals surface area contributed by atoms with Gasteiger partial charge >= 0.3 is 0 Å². The molecule has 27 heavy (non-hydrogen) atoms. The topological polar surface area (TPSA) is 93.1 Å². The Morgan fingerprint density at radius 2 is 1.89 bits per heavy atom. The number of aryl methyl sites for hydroxylation is 1. The SMILES string of the molecule is Cc1cc(N2CCOCC2)nc(CNC(=O)c2ccc3nccnc3c2)n1. The Morgan fingerprint density at radius 3 is 2.70 bits per heavy atom. The normalized spacial score (nSPS) is 14.3. The molecule has 8 nitrogen and oxygen atoms in total. The minimum Gasteiger partial charge on any atom is -0.378 e. The molecule has 0 spiro atoms. The number of anilines is 1. The lowest BCUT2D eigenvalue weighted by atomic mass is 10.2. The van der Waals surface area contributed by atoms with E-state index in [1.54, 1.807) is 30.6 Å². The van der Waals surface area contributed by atoms with E-state index in [0.29, 0.717) is 30.1 Å². The van der Waals surface area contributed by atoms with Gasteiger partial charge in [-0.15, -0.1) is 0 Å². The van der Waals surface area contributed by atoms with E-state index in [1.165, 1.54) is 0 Å². The minimum absolute atomic E-state index is 0.194. The van der Waals surface area contributed by atoms with Crippen molar-refractivity contribution in [1.82, 2.24) is 25.3 Å². The highest BCUT2D eigenvalue weighted by atomic mass is 16.5. The highest BCUT2D eigenvalue weighted by Crippen LogP contribution is 2.15. The van der Waals surface area contributed by atoms with Gasteiger partial charge in [-0.25, -0.2) is 9.97 Å². The highest BCUT2D eigenvalue weighted by molar-refractivity contribution is 5.97. The number of nitrogens with one attached hydrogen (secondary N) is 1. The fraction of sp³-hybridized carbons (Fsp3) is 0.316. The molecule has 1 amide bonds. The summed E-state index contributed by atoms with van der Waals surface area (Å²) >= 11 is 0. The number of carbonyl (C=O) groups excluding carboxylic acids is 1.